The van der Waals surface area contributed by atoms with Crippen LogP contribution in [-0.2, 0) is 28.9 Å². The molecule has 0 aromatic heterocycles. The fraction of sp³-hybridized carbons (Fsp3) is 0.394. The van der Waals surface area contributed by atoms with E-state index in [4.69, 9.17) is 4.74 Å². The minimum absolute atomic E-state index is 0.0275. The second-order valence-corrected chi connectivity index (χ2v) is 11.3. The van der Waals surface area contributed by atoms with Gasteiger partial charge in [0.05, 0.1) is 31.0 Å². The minimum Gasteiger partial charge on any atom is -0.465 e. The Kier molecular flexibility index (Phi) is 12.5. The third-order valence-electron chi connectivity index (χ3n) is 6.66. The number of carboxylic acid groups (broad SMARTS) is 1. The maximum absolute atomic E-state index is 13.5. The van der Waals surface area contributed by atoms with Crippen LogP contribution in [0.3, 0.4) is 0 Å². The standard InChI is InChI=1S/C33H43N3O5/c1-33(2,3)41-24-34-28(19-25-13-7-4-8-14-25)30(37)22-36(21-27-17-11-6-12-18-27)23-31(38)29(35-32(39)40)20-26-15-9-5-10-16-26/h4-18,28-30,34-35,37H,19-24H2,1-3H3,(H,39,40)/t28-,29-,30?/m0/s1. The van der Waals surface area contributed by atoms with Crippen LogP contribution in [0.5, 0.6) is 0 Å². The maximum atomic E-state index is 13.5. The van der Waals surface area contributed by atoms with Crippen molar-refractivity contribution in [1.29, 1.82) is 0 Å². The number of ketones is 1. The molecule has 220 valence electrons. The molecule has 0 spiro atoms. The Hall–Kier alpha value is -3.56. The van der Waals surface area contributed by atoms with Crippen LogP contribution in [0.4, 0.5) is 4.79 Å². The van der Waals surface area contributed by atoms with Crippen LogP contribution in [0, 0.1) is 0 Å². The summed E-state index contributed by atoms with van der Waals surface area (Å²) < 4.78 is 5.88. The Morgan fingerprint density at radius 3 is 1.85 bits per heavy atom. The Morgan fingerprint density at radius 2 is 1.34 bits per heavy atom. The molecule has 0 heterocycles. The number of Topliss-reactive ketones (excluding diaryl/α,β-unsaturated/α-hetero) is 1. The number of hydrogen-bond acceptors (Lipinski definition) is 6. The van der Waals surface area contributed by atoms with Crippen molar-refractivity contribution in [3.63, 3.8) is 0 Å². The fourth-order valence-electron chi connectivity index (χ4n) is 4.57. The largest absolute Gasteiger partial charge is 0.465 e. The van der Waals surface area contributed by atoms with Crippen LogP contribution in [0.25, 0.3) is 0 Å². The van der Waals surface area contributed by atoms with Crippen molar-refractivity contribution in [3.05, 3.63) is 108 Å². The Morgan fingerprint density at radius 1 is 0.829 bits per heavy atom. The van der Waals surface area contributed by atoms with E-state index in [0.717, 1.165) is 16.7 Å². The second kappa shape index (κ2) is 16.0. The summed E-state index contributed by atoms with van der Waals surface area (Å²) in [7, 11) is 0. The second-order valence-electron chi connectivity index (χ2n) is 11.3. The van der Waals surface area contributed by atoms with Crippen LogP contribution < -0.4 is 10.6 Å². The topological polar surface area (TPSA) is 111 Å². The van der Waals surface area contributed by atoms with Crippen molar-refractivity contribution in [1.82, 2.24) is 15.5 Å². The fourth-order valence-corrected chi connectivity index (χ4v) is 4.57. The molecule has 3 atom stereocenters. The lowest BCUT2D eigenvalue weighted by Gasteiger charge is -2.31. The number of nitrogens with zero attached hydrogens (tertiary/aromatic N) is 1. The molecule has 0 aliphatic rings. The molecular formula is C33H43N3O5. The lowest BCUT2D eigenvalue weighted by Crippen LogP contribution is -2.51. The van der Waals surface area contributed by atoms with Gasteiger partial charge in [0, 0.05) is 19.1 Å². The number of aliphatic hydroxyl groups excluding tert-OH is 1. The van der Waals surface area contributed by atoms with Crippen molar-refractivity contribution in [2.75, 3.05) is 19.8 Å². The number of nitrogens with one attached hydrogen (secondary N) is 2. The summed E-state index contributed by atoms with van der Waals surface area (Å²) in [6.07, 6.45) is -1.27. The van der Waals surface area contributed by atoms with Crippen LogP contribution in [-0.4, -0.2) is 70.6 Å². The van der Waals surface area contributed by atoms with Gasteiger partial charge < -0.3 is 20.3 Å². The highest BCUT2D eigenvalue weighted by atomic mass is 16.5. The molecule has 3 aromatic carbocycles. The molecule has 0 radical (unpaired) electrons. The number of aliphatic hydroxyl groups is 1. The van der Waals surface area contributed by atoms with Crippen LogP contribution in [0.1, 0.15) is 37.5 Å². The normalized spacial score (nSPS) is 13.9. The Labute approximate surface area is 243 Å². The van der Waals surface area contributed by atoms with Gasteiger partial charge in [-0.2, -0.15) is 0 Å². The van der Waals surface area contributed by atoms with Crippen molar-refractivity contribution in [2.24, 2.45) is 0 Å². The predicted octanol–water partition coefficient (Wildman–Crippen LogP) is 4.27. The van der Waals surface area contributed by atoms with E-state index in [-0.39, 0.29) is 43.7 Å². The number of benzene rings is 3. The van der Waals surface area contributed by atoms with Gasteiger partial charge in [-0.05, 0) is 50.3 Å². The summed E-state index contributed by atoms with van der Waals surface area (Å²) in [6.45, 7) is 6.78. The number of rotatable bonds is 16. The molecular weight excluding hydrogens is 518 g/mol. The summed E-state index contributed by atoms with van der Waals surface area (Å²) in [5.74, 6) is -0.261. The van der Waals surface area contributed by atoms with Crippen molar-refractivity contribution in [3.8, 4) is 0 Å². The highest BCUT2D eigenvalue weighted by Crippen LogP contribution is 2.13. The van der Waals surface area contributed by atoms with Gasteiger partial charge in [0.15, 0.2) is 5.78 Å². The van der Waals surface area contributed by atoms with Crippen molar-refractivity contribution < 1.29 is 24.5 Å². The molecule has 0 aliphatic carbocycles. The van der Waals surface area contributed by atoms with E-state index in [1.807, 2.05) is 117 Å². The number of ether oxygens (including phenoxy) is 1. The van der Waals surface area contributed by atoms with Gasteiger partial charge in [-0.25, -0.2) is 4.79 Å². The maximum Gasteiger partial charge on any atom is 0.405 e. The number of carbonyl (C=O) groups excluding carboxylic acids is 1. The minimum atomic E-state index is -1.25. The summed E-state index contributed by atoms with van der Waals surface area (Å²) in [4.78, 5) is 27.0. The van der Waals surface area contributed by atoms with Crippen LogP contribution >= 0.6 is 0 Å². The highest BCUT2D eigenvalue weighted by Gasteiger charge is 2.27. The number of hydrogen-bond donors (Lipinski definition) is 4. The molecule has 4 N–H and O–H groups in total. The molecule has 0 aliphatic heterocycles. The average Bonchev–Trinajstić information content (AvgIpc) is 2.93. The molecule has 8 nitrogen and oxygen atoms in total. The van der Waals surface area contributed by atoms with E-state index in [0.29, 0.717) is 13.0 Å². The van der Waals surface area contributed by atoms with E-state index >= 15 is 0 Å². The number of carbonyl (C=O) groups is 2. The average molecular weight is 562 g/mol. The zero-order valence-electron chi connectivity index (χ0n) is 24.2. The first-order chi connectivity index (χ1) is 19.6. The highest BCUT2D eigenvalue weighted by molar-refractivity contribution is 5.89. The van der Waals surface area contributed by atoms with Gasteiger partial charge in [-0.3, -0.25) is 15.0 Å². The van der Waals surface area contributed by atoms with Crippen LogP contribution in [0.2, 0.25) is 0 Å². The first-order valence-corrected chi connectivity index (χ1v) is 14.0. The van der Waals surface area contributed by atoms with Crippen LogP contribution in [0.15, 0.2) is 91.0 Å². The van der Waals surface area contributed by atoms with E-state index in [9.17, 15) is 19.8 Å². The van der Waals surface area contributed by atoms with E-state index in [2.05, 4.69) is 10.6 Å². The van der Waals surface area contributed by atoms with E-state index in [1.54, 1.807) is 0 Å². The third-order valence-corrected chi connectivity index (χ3v) is 6.66. The summed E-state index contributed by atoms with van der Waals surface area (Å²) >= 11 is 0. The van der Waals surface area contributed by atoms with Crippen molar-refractivity contribution >= 4 is 11.9 Å². The molecule has 0 saturated carbocycles. The van der Waals surface area contributed by atoms with E-state index < -0.39 is 18.2 Å². The molecule has 0 saturated heterocycles. The first kappa shape index (κ1) is 32.0. The van der Waals surface area contributed by atoms with Gasteiger partial charge in [0.1, 0.15) is 0 Å². The van der Waals surface area contributed by atoms with Gasteiger partial charge in [0.2, 0.25) is 0 Å². The van der Waals surface area contributed by atoms with Gasteiger partial charge >= 0.3 is 6.09 Å². The molecule has 3 aromatic rings. The smallest absolute Gasteiger partial charge is 0.405 e. The van der Waals surface area contributed by atoms with E-state index in [1.165, 1.54) is 0 Å². The third kappa shape index (κ3) is 12.2. The van der Waals surface area contributed by atoms with Crippen molar-refractivity contribution in [2.45, 2.75) is 63.9 Å². The summed E-state index contributed by atoms with van der Waals surface area (Å²) in [6, 6.07) is 27.7. The quantitative estimate of drug-likeness (QED) is 0.193. The molecule has 3 rings (SSSR count). The number of amides is 1. The lowest BCUT2D eigenvalue weighted by molar-refractivity contribution is -0.122. The molecule has 0 bridgehead atoms. The predicted molar refractivity (Wildman–Crippen MR) is 161 cm³/mol. The first-order valence-electron chi connectivity index (χ1n) is 14.0. The Bertz CT molecular complexity index is 1190. The monoisotopic (exact) mass is 561 g/mol. The zero-order chi connectivity index (χ0) is 29.7. The van der Waals surface area contributed by atoms with Gasteiger partial charge in [-0.1, -0.05) is 91.0 Å². The summed E-state index contributed by atoms with van der Waals surface area (Å²) in [5, 5.41) is 26.7. The molecule has 1 amide bonds. The Balaban J connectivity index is 1.78. The van der Waals surface area contributed by atoms with Gasteiger partial charge in [-0.15, -0.1) is 0 Å². The SMILES string of the molecule is CC(C)(C)OCN[C@@H](Cc1ccccc1)C(O)CN(CC(=O)[C@H](Cc1ccccc1)NC(=O)O)Cc1ccccc1. The summed E-state index contributed by atoms with van der Waals surface area (Å²) in [5.41, 5.74) is 2.58. The molecule has 41 heavy (non-hydrogen) atoms. The molecule has 1 unspecified atom stereocenters. The zero-order valence-corrected chi connectivity index (χ0v) is 24.2. The molecule has 8 heteroatoms. The molecule has 0 fully saturated rings. The lowest BCUT2D eigenvalue weighted by atomic mass is 9.99. The van der Waals surface area contributed by atoms with Gasteiger partial charge in [0.25, 0.3) is 0 Å².